The summed E-state index contributed by atoms with van der Waals surface area (Å²) in [5.74, 6) is 0.611. The normalized spacial score (nSPS) is 11.7. The molecule has 4 nitrogen and oxygen atoms in total. The van der Waals surface area contributed by atoms with Gasteiger partial charge in [-0.3, -0.25) is 0 Å². The summed E-state index contributed by atoms with van der Waals surface area (Å²) in [5, 5.41) is 4.16. The van der Waals surface area contributed by atoms with E-state index in [1.165, 1.54) is 11.1 Å². The van der Waals surface area contributed by atoms with Crippen LogP contribution in [0.1, 0.15) is 0 Å². The van der Waals surface area contributed by atoms with Gasteiger partial charge in [-0.15, -0.1) is 0 Å². The Labute approximate surface area is 247 Å². The van der Waals surface area contributed by atoms with E-state index in [1.54, 1.807) is 0 Å². The number of anilines is 3. The molecule has 0 spiro atoms. The summed E-state index contributed by atoms with van der Waals surface area (Å²) >= 11 is 0. The molecule has 0 amide bonds. The number of benzene rings is 7. The Balaban J connectivity index is 1.30. The molecular formula is C39H24N2O2. The minimum atomic E-state index is 0.611. The minimum absolute atomic E-state index is 0.611. The molecule has 0 fully saturated rings. The van der Waals surface area contributed by atoms with Crippen molar-refractivity contribution in [3.8, 4) is 22.6 Å². The molecule has 4 heteroatoms. The number of fused-ring (bicyclic) bond motifs is 3. The first-order valence-electron chi connectivity index (χ1n) is 14.4. The SMILES string of the molecule is c1ccc(-c2ccc(N(c3ccccc3)c3cc4oc5cccc6c7nc(-c8ccccc8)oc7c(c3)c4c56)cc2)cc1. The van der Waals surface area contributed by atoms with Crippen molar-refractivity contribution in [3.63, 3.8) is 0 Å². The van der Waals surface area contributed by atoms with Crippen LogP contribution in [-0.2, 0) is 0 Å². The molecule has 0 aliphatic carbocycles. The summed E-state index contributed by atoms with van der Waals surface area (Å²) in [6.45, 7) is 0. The van der Waals surface area contributed by atoms with Crippen LogP contribution in [0.25, 0.3) is 66.4 Å². The fraction of sp³-hybridized carbons (Fsp3) is 0. The van der Waals surface area contributed by atoms with Crippen LogP contribution in [0.2, 0.25) is 0 Å². The molecule has 2 heterocycles. The average Bonchev–Trinajstić information content (AvgIpc) is 3.69. The summed E-state index contributed by atoms with van der Waals surface area (Å²) in [6, 6.07) is 50.2. The quantitative estimate of drug-likeness (QED) is 0.199. The molecule has 0 atom stereocenters. The van der Waals surface area contributed by atoms with E-state index in [9.17, 15) is 0 Å². The fourth-order valence-corrected chi connectivity index (χ4v) is 6.28. The number of aromatic nitrogens is 1. The Morgan fingerprint density at radius 2 is 1.07 bits per heavy atom. The highest BCUT2D eigenvalue weighted by Gasteiger charge is 2.24. The van der Waals surface area contributed by atoms with Gasteiger partial charge in [0, 0.05) is 44.5 Å². The number of hydrogen-bond donors (Lipinski definition) is 0. The molecule has 0 aliphatic rings. The topological polar surface area (TPSA) is 42.4 Å². The van der Waals surface area contributed by atoms with Crippen LogP contribution >= 0.6 is 0 Å². The highest BCUT2D eigenvalue weighted by atomic mass is 16.3. The number of hydrogen-bond acceptors (Lipinski definition) is 4. The highest BCUT2D eigenvalue weighted by molar-refractivity contribution is 6.32. The molecule has 0 aliphatic heterocycles. The van der Waals surface area contributed by atoms with Gasteiger partial charge in [0.15, 0.2) is 5.58 Å². The Morgan fingerprint density at radius 1 is 0.442 bits per heavy atom. The zero-order valence-electron chi connectivity index (χ0n) is 23.1. The second kappa shape index (κ2) is 9.33. The zero-order valence-corrected chi connectivity index (χ0v) is 23.1. The van der Waals surface area contributed by atoms with Crippen molar-refractivity contribution in [2.75, 3.05) is 4.90 Å². The van der Waals surface area contributed by atoms with Gasteiger partial charge in [0.25, 0.3) is 0 Å². The molecule has 202 valence electrons. The van der Waals surface area contributed by atoms with Crippen molar-refractivity contribution < 1.29 is 8.83 Å². The van der Waals surface area contributed by atoms with E-state index in [0.29, 0.717) is 5.89 Å². The van der Waals surface area contributed by atoms with E-state index in [2.05, 4.69) is 95.9 Å². The molecule has 0 unspecified atom stereocenters. The third-order valence-electron chi connectivity index (χ3n) is 8.24. The Hall–Kier alpha value is -5.87. The molecule has 0 saturated heterocycles. The Morgan fingerprint density at radius 3 is 1.81 bits per heavy atom. The third kappa shape index (κ3) is 3.74. The van der Waals surface area contributed by atoms with Crippen molar-refractivity contribution >= 4 is 60.9 Å². The van der Waals surface area contributed by atoms with Crippen LogP contribution in [0, 0.1) is 0 Å². The van der Waals surface area contributed by atoms with E-state index in [0.717, 1.165) is 66.4 Å². The van der Waals surface area contributed by atoms with Gasteiger partial charge in [0.2, 0.25) is 5.89 Å². The Kier molecular flexibility index (Phi) is 5.16. The first kappa shape index (κ1) is 23.8. The van der Waals surface area contributed by atoms with Gasteiger partial charge >= 0.3 is 0 Å². The molecular weight excluding hydrogens is 528 g/mol. The largest absolute Gasteiger partial charge is 0.456 e. The van der Waals surface area contributed by atoms with E-state index < -0.39 is 0 Å². The van der Waals surface area contributed by atoms with E-state index in [1.807, 2.05) is 54.6 Å². The molecule has 0 bridgehead atoms. The fourth-order valence-electron chi connectivity index (χ4n) is 6.28. The summed E-state index contributed by atoms with van der Waals surface area (Å²) in [7, 11) is 0. The monoisotopic (exact) mass is 552 g/mol. The second-order valence-electron chi connectivity index (χ2n) is 10.8. The molecule has 2 aromatic heterocycles. The summed E-state index contributed by atoms with van der Waals surface area (Å²) in [5.41, 5.74) is 9.67. The maximum absolute atomic E-state index is 6.58. The van der Waals surface area contributed by atoms with Gasteiger partial charge in [0.1, 0.15) is 16.7 Å². The summed E-state index contributed by atoms with van der Waals surface area (Å²) < 4.78 is 13.1. The van der Waals surface area contributed by atoms with Gasteiger partial charge in [-0.25, -0.2) is 4.98 Å². The van der Waals surface area contributed by atoms with Gasteiger partial charge in [-0.05, 0) is 59.7 Å². The van der Waals surface area contributed by atoms with Crippen LogP contribution in [0.3, 0.4) is 0 Å². The maximum atomic E-state index is 6.58. The predicted octanol–water partition coefficient (Wildman–Crippen LogP) is 11.1. The second-order valence-corrected chi connectivity index (χ2v) is 10.8. The molecule has 7 aromatic carbocycles. The van der Waals surface area contributed by atoms with E-state index in [4.69, 9.17) is 13.8 Å². The zero-order chi connectivity index (χ0) is 28.3. The lowest BCUT2D eigenvalue weighted by Gasteiger charge is -2.26. The van der Waals surface area contributed by atoms with Crippen LogP contribution in [0.4, 0.5) is 17.1 Å². The number of furan rings is 1. The van der Waals surface area contributed by atoms with Gasteiger partial charge < -0.3 is 13.7 Å². The maximum Gasteiger partial charge on any atom is 0.227 e. The number of oxazole rings is 1. The molecule has 0 saturated carbocycles. The van der Waals surface area contributed by atoms with Gasteiger partial charge in [-0.2, -0.15) is 0 Å². The van der Waals surface area contributed by atoms with Crippen molar-refractivity contribution in [2.24, 2.45) is 0 Å². The van der Waals surface area contributed by atoms with Crippen LogP contribution in [-0.4, -0.2) is 4.98 Å². The summed E-state index contributed by atoms with van der Waals surface area (Å²) in [4.78, 5) is 7.28. The van der Waals surface area contributed by atoms with E-state index >= 15 is 0 Å². The van der Waals surface area contributed by atoms with Gasteiger partial charge in [0.05, 0.1) is 5.69 Å². The predicted molar refractivity (Wildman–Crippen MR) is 176 cm³/mol. The molecule has 0 radical (unpaired) electrons. The van der Waals surface area contributed by atoms with Crippen LogP contribution in [0.15, 0.2) is 154 Å². The highest BCUT2D eigenvalue weighted by Crippen LogP contribution is 2.47. The summed E-state index contributed by atoms with van der Waals surface area (Å²) in [6.07, 6.45) is 0. The smallest absolute Gasteiger partial charge is 0.227 e. The lowest BCUT2D eigenvalue weighted by molar-refractivity contribution is 0.623. The third-order valence-corrected chi connectivity index (χ3v) is 8.24. The Bertz CT molecular complexity index is 2370. The van der Waals surface area contributed by atoms with Crippen molar-refractivity contribution in [1.29, 1.82) is 0 Å². The number of nitrogens with zero attached hydrogens (tertiary/aromatic N) is 2. The minimum Gasteiger partial charge on any atom is -0.456 e. The van der Waals surface area contributed by atoms with Crippen LogP contribution in [0.5, 0.6) is 0 Å². The molecule has 0 N–H and O–H groups in total. The molecule has 9 rings (SSSR count). The molecule has 9 aromatic rings. The first-order chi connectivity index (χ1) is 21.3. The van der Waals surface area contributed by atoms with Crippen molar-refractivity contribution in [1.82, 2.24) is 4.98 Å². The number of rotatable bonds is 5. The van der Waals surface area contributed by atoms with Crippen molar-refractivity contribution in [3.05, 3.63) is 146 Å². The standard InChI is InChI=1S/C39H24N2O2/c1-4-11-25(12-5-1)26-19-21-29(22-20-26)41(28-15-8-3-9-16-28)30-23-32-36-34(24-30)42-33-18-10-17-31(35(33)36)37-38(32)43-39(40-37)27-13-6-2-7-14-27/h1-24H. The lowest BCUT2D eigenvalue weighted by Crippen LogP contribution is -2.09. The van der Waals surface area contributed by atoms with Crippen molar-refractivity contribution in [2.45, 2.75) is 0 Å². The van der Waals surface area contributed by atoms with Gasteiger partial charge in [-0.1, -0.05) is 91.0 Å². The average molecular weight is 553 g/mol. The van der Waals surface area contributed by atoms with E-state index in [-0.39, 0.29) is 0 Å². The van der Waals surface area contributed by atoms with Crippen LogP contribution < -0.4 is 4.90 Å². The number of para-hydroxylation sites is 1. The lowest BCUT2D eigenvalue weighted by atomic mass is 9.99. The first-order valence-corrected chi connectivity index (χ1v) is 14.4. The molecule has 43 heavy (non-hydrogen) atoms.